The molecule has 2 aliphatic rings. The molecular formula is C27H27N3O. The Morgan fingerprint density at radius 2 is 1.77 bits per heavy atom. The fraction of sp³-hybridized carbons (Fsp3) is 0.296. The lowest BCUT2D eigenvalue weighted by Gasteiger charge is -2.37. The number of carbonyl (C=O) groups is 1. The Labute approximate surface area is 182 Å². The van der Waals surface area contributed by atoms with Crippen LogP contribution in [0.5, 0.6) is 0 Å². The van der Waals surface area contributed by atoms with Crippen LogP contribution in [-0.2, 0) is 5.54 Å². The lowest BCUT2D eigenvalue weighted by atomic mass is 9.96. The van der Waals surface area contributed by atoms with Crippen molar-refractivity contribution in [1.82, 2.24) is 14.8 Å². The summed E-state index contributed by atoms with van der Waals surface area (Å²) in [6.45, 7) is 4.16. The minimum atomic E-state index is -0.252. The highest BCUT2D eigenvalue weighted by Crippen LogP contribution is 2.48. The number of nitrogens with one attached hydrogen (secondary N) is 1. The van der Waals surface area contributed by atoms with Crippen LogP contribution < -0.4 is 5.32 Å². The van der Waals surface area contributed by atoms with E-state index in [1.54, 1.807) is 0 Å². The number of fused-ring (bicyclic) bond motifs is 2. The van der Waals surface area contributed by atoms with Gasteiger partial charge in [0.15, 0.2) is 0 Å². The number of hydrogen-bond acceptors (Lipinski definition) is 2. The zero-order valence-electron chi connectivity index (χ0n) is 18.1. The molecule has 2 fully saturated rings. The van der Waals surface area contributed by atoms with E-state index in [1.807, 2.05) is 6.92 Å². The number of carbonyl (C=O) groups excluding carboxylic acids is 1. The molecule has 3 aromatic carbocycles. The SMILES string of the molecule is Cc1cc2ccn(C3CN(C)C3)c2cc1C(=O)NC1(c2cccc3ccccc23)CC1. The van der Waals surface area contributed by atoms with Crippen molar-refractivity contribution >= 4 is 27.6 Å². The van der Waals surface area contributed by atoms with Gasteiger partial charge in [0.25, 0.3) is 5.91 Å². The van der Waals surface area contributed by atoms with Gasteiger partial charge in [-0.2, -0.15) is 0 Å². The molecule has 6 rings (SSSR count). The van der Waals surface area contributed by atoms with Crippen LogP contribution in [0.2, 0.25) is 0 Å². The first kappa shape index (κ1) is 18.6. The van der Waals surface area contributed by atoms with Crippen molar-refractivity contribution in [1.29, 1.82) is 0 Å². The summed E-state index contributed by atoms with van der Waals surface area (Å²) < 4.78 is 2.34. The van der Waals surface area contributed by atoms with Gasteiger partial charge in [0, 0.05) is 30.4 Å². The number of amides is 1. The van der Waals surface area contributed by atoms with E-state index in [0.29, 0.717) is 6.04 Å². The molecule has 0 atom stereocenters. The first-order chi connectivity index (χ1) is 15.0. The number of hydrogen-bond donors (Lipinski definition) is 1. The van der Waals surface area contributed by atoms with Gasteiger partial charge in [-0.3, -0.25) is 4.79 Å². The van der Waals surface area contributed by atoms with Crippen molar-refractivity contribution in [2.45, 2.75) is 31.3 Å². The normalized spacial score (nSPS) is 18.3. The Hall–Kier alpha value is -3.11. The van der Waals surface area contributed by atoms with E-state index in [4.69, 9.17) is 0 Å². The molecule has 1 saturated heterocycles. The minimum absolute atomic E-state index is 0.0308. The minimum Gasteiger partial charge on any atom is -0.342 e. The summed E-state index contributed by atoms with van der Waals surface area (Å²) in [7, 11) is 2.15. The molecule has 0 radical (unpaired) electrons. The first-order valence-electron chi connectivity index (χ1n) is 11.1. The molecule has 1 aromatic heterocycles. The molecule has 2 heterocycles. The predicted octanol–water partition coefficient (Wildman–Crippen LogP) is 5.01. The Morgan fingerprint density at radius 3 is 2.55 bits per heavy atom. The van der Waals surface area contributed by atoms with Gasteiger partial charge in [0.05, 0.1) is 11.6 Å². The maximum absolute atomic E-state index is 13.5. The van der Waals surface area contributed by atoms with Crippen LogP contribution in [0.15, 0.2) is 66.9 Å². The van der Waals surface area contributed by atoms with Gasteiger partial charge in [-0.25, -0.2) is 0 Å². The molecule has 4 nitrogen and oxygen atoms in total. The average molecular weight is 410 g/mol. The van der Waals surface area contributed by atoms with Crippen molar-refractivity contribution in [2.24, 2.45) is 0 Å². The standard InChI is InChI=1S/C27H27N3O/c1-18-14-20-10-13-30(21-16-29(2)17-21)25(20)15-23(18)26(31)28-27(11-12-27)24-9-5-7-19-6-3-4-8-22(19)24/h3-10,13-15,21H,11-12,16-17H2,1-2H3,(H,28,31). The second-order valence-electron chi connectivity index (χ2n) is 9.39. The van der Waals surface area contributed by atoms with E-state index in [9.17, 15) is 4.79 Å². The molecular weight excluding hydrogens is 382 g/mol. The van der Waals surface area contributed by atoms with E-state index in [-0.39, 0.29) is 11.4 Å². The van der Waals surface area contributed by atoms with Gasteiger partial charge in [-0.05, 0) is 72.3 Å². The maximum atomic E-state index is 13.5. The van der Waals surface area contributed by atoms with Crippen LogP contribution >= 0.6 is 0 Å². The van der Waals surface area contributed by atoms with Crippen LogP contribution in [0.3, 0.4) is 0 Å². The summed E-state index contributed by atoms with van der Waals surface area (Å²) in [6.07, 6.45) is 4.14. The number of likely N-dealkylation sites (N-methyl/N-ethyl adjacent to an activating group) is 1. The van der Waals surface area contributed by atoms with Gasteiger partial charge in [0.2, 0.25) is 0 Å². The van der Waals surface area contributed by atoms with Gasteiger partial charge >= 0.3 is 0 Å². The lowest BCUT2D eigenvalue weighted by Crippen LogP contribution is -2.44. The first-order valence-corrected chi connectivity index (χ1v) is 11.1. The number of nitrogens with zero attached hydrogens (tertiary/aromatic N) is 2. The molecule has 1 amide bonds. The van der Waals surface area contributed by atoms with Crippen molar-refractivity contribution < 1.29 is 4.79 Å². The third-order valence-electron chi connectivity index (χ3n) is 7.16. The highest BCUT2D eigenvalue weighted by Gasteiger charge is 2.46. The van der Waals surface area contributed by atoms with E-state index in [2.05, 4.69) is 88.7 Å². The van der Waals surface area contributed by atoms with Gasteiger partial charge in [0.1, 0.15) is 0 Å². The second-order valence-corrected chi connectivity index (χ2v) is 9.39. The quantitative estimate of drug-likeness (QED) is 0.515. The highest BCUT2D eigenvalue weighted by molar-refractivity contribution is 6.01. The Kier molecular flexibility index (Phi) is 4.03. The predicted molar refractivity (Wildman–Crippen MR) is 126 cm³/mol. The topological polar surface area (TPSA) is 37.3 Å². The number of rotatable bonds is 4. The lowest BCUT2D eigenvalue weighted by molar-refractivity contribution is 0.0930. The van der Waals surface area contributed by atoms with Crippen molar-refractivity contribution in [3.05, 3.63) is 83.6 Å². The highest BCUT2D eigenvalue weighted by atomic mass is 16.1. The van der Waals surface area contributed by atoms with Crippen LogP contribution in [0.25, 0.3) is 21.7 Å². The molecule has 31 heavy (non-hydrogen) atoms. The van der Waals surface area contributed by atoms with Crippen LogP contribution in [0.1, 0.15) is 40.4 Å². The smallest absolute Gasteiger partial charge is 0.252 e. The summed E-state index contributed by atoms with van der Waals surface area (Å²) in [5, 5.41) is 7.08. The molecule has 1 aliphatic carbocycles. The average Bonchev–Trinajstić information content (AvgIpc) is 3.42. The molecule has 0 bridgehead atoms. The van der Waals surface area contributed by atoms with E-state index < -0.39 is 0 Å². The third-order valence-corrected chi connectivity index (χ3v) is 7.16. The Balaban J connectivity index is 1.35. The zero-order chi connectivity index (χ0) is 21.2. The number of likely N-dealkylation sites (tertiary alicyclic amines) is 1. The number of benzene rings is 3. The summed E-state index contributed by atoms with van der Waals surface area (Å²) in [6, 6.07) is 21.8. The Morgan fingerprint density at radius 1 is 1.00 bits per heavy atom. The summed E-state index contributed by atoms with van der Waals surface area (Å²) in [5.41, 5.74) is 3.95. The molecule has 0 unspecified atom stereocenters. The van der Waals surface area contributed by atoms with Crippen molar-refractivity contribution in [2.75, 3.05) is 20.1 Å². The van der Waals surface area contributed by atoms with E-state index in [1.165, 1.54) is 21.7 Å². The molecule has 1 N–H and O–H groups in total. The summed E-state index contributed by atoms with van der Waals surface area (Å²) >= 11 is 0. The number of aromatic nitrogens is 1. The summed E-state index contributed by atoms with van der Waals surface area (Å²) in [4.78, 5) is 15.8. The largest absolute Gasteiger partial charge is 0.342 e. The van der Waals surface area contributed by atoms with Gasteiger partial charge in [-0.1, -0.05) is 42.5 Å². The second kappa shape index (κ2) is 6.69. The van der Waals surface area contributed by atoms with Crippen LogP contribution in [0.4, 0.5) is 0 Å². The Bertz CT molecular complexity index is 1320. The maximum Gasteiger partial charge on any atom is 0.252 e. The molecule has 1 saturated carbocycles. The van der Waals surface area contributed by atoms with E-state index in [0.717, 1.165) is 42.6 Å². The molecule has 156 valence electrons. The monoisotopic (exact) mass is 409 g/mol. The molecule has 4 aromatic rings. The van der Waals surface area contributed by atoms with Crippen LogP contribution in [-0.4, -0.2) is 35.5 Å². The molecule has 4 heteroatoms. The zero-order valence-corrected chi connectivity index (χ0v) is 18.1. The number of aryl methyl sites for hydroxylation is 1. The third kappa shape index (κ3) is 2.97. The van der Waals surface area contributed by atoms with Crippen molar-refractivity contribution in [3.8, 4) is 0 Å². The van der Waals surface area contributed by atoms with Gasteiger partial charge < -0.3 is 14.8 Å². The van der Waals surface area contributed by atoms with E-state index >= 15 is 0 Å². The van der Waals surface area contributed by atoms with Gasteiger partial charge in [-0.15, -0.1) is 0 Å². The van der Waals surface area contributed by atoms with Crippen molar-refractivity contribution in [3.63, 3.8) is 0 Å². The fourth-order valence-corrected chi connectivity index (χ4v) is 5.24. The molecule has 0 spiro atoms. The fourth-order valence-electron chi connectivity index (χ4n) is 5.24. The summed E-state index contributed by atoms with van der Waals surface area (Å²) in [5.74, 6) is 0.0308. The molecule has 1 aliphatic heterocycles. The van der Waals surface area contributed by atoms with Crippen LogP contribution in [0, 0.1) is 6.92 Å².